The number of sulfone groups is 1. The Labute approximate surface area is 166 Å². The van der Waals surface area contributed by atoms with E-state index in [2.05, 4.69) is 0 Å². The molecule has 0 N–H and O–H groups in total. The van der Waals surface area contributed by atoms with E-state index in [0.29, 0.717) is 17.5 Å². The molecular weight excluding hydrogens is 374 g/mol. The maximum atomic E-state index is 12.5. The average molecular weight is 400 g/mol. The lowest BCUT2D eigenvalue weighted by Gasteiger charge is -2.15. The molecule has 0 unspecified atom stereocenters. The Kier molecular flexibility index (Phi) is 5.98. The van der Waals surface area contributed by atoms with E-state index in [-0.39, 0.29) is 23.9 Å². The molecule has 0 saturated carbocycles. The van der Waals surface area contributed by atoms with Gasteiger partial charge in [-0.15, -0.1) is 0 Å². The second kappa shape index (κ2) is 8.27. The van der Waals surface area contributed by atoms with Crippen molar-refractivity contribution < 1.29 is 18.0 Å². The van der Waals surface area contributed by atoms with Crippen LogP contribution in [0.3, 0.4) is 0 Å². The number of nitrogens with zero attached hydrogens (tertiary/aromatic N) is 1. The normalized spacial score (nSPS) is 14.7. The van der Waals surface area contributed by atoms with Crippen LogP contribution in [0.1, 0.15) is 48.2 Å². The first-order valence-electron chi connectivity index (χ1n) is 9.49. The molecule has 0 atom stereocenters. The van der Waals surface area contributed by atoms with Crippen LogP contribution in [0.25, 0.3) is 0 Å². The Hall–Kier alpha value is -2.47. The quantitative estimate of drug-likeness (QED) is 0.668. The van der Waals surface area contributed by atoms with Gasteiger partial charge >= 0.3 is 0 Å². The third-order valence-electron chi connectivity index (χ3n) is 5.05. The van der Waals surface area contributed by atoms with E-state index in [1.807, 2.05) is 24.3 Å². The van der Waals surface area contributed by atoms with E-state index < -0.39 is 15.1 Å². The number of Topliss-reactive ketones (excluding diaryl/α,β-unsaturated/α-hetero) is 1. The first-order chi connectivity index (χ1) is 13.3. The van der Waals surface area contributed by atoms with Gasteiger partial charge in [-0.3, -0.25) is 9.59 Å². The summed E-state index contributed by atoms with van der Waals surface area (Å²) in [6.45, 7) is 4.08. The zero-order chi connectivity index (χ0) is 20.3. The Morgan fingerprint density at radius 1 is 1.00 bits per heavy atom. The molecule has 1 aliphatic heterocycles. The largest absolute Gasteiger partial charge is 0.312 e. The van der Waals surface area contributed by atoms with E-state index in [1.54, 1.807) is 43.0 Å². The summed E-state index contributed by atoms with van der Waals surface area (Å²) in [6.07, 6.45) is 1.74. The lowest BCUT2D eigenvalue weighted by Crippen LogP contribution is -2.23. The average Bonchev–Trinajstić information content (AvgIpc) is 3.08. The van der Waals surface area contributed by atoms with Gasteiger partial charge in [-0.1, -0.05) is 36.4 Å². The number of rotatable bonds is 7. The van der Waals surface area contributed by atoms with Gasteiger partial charge in [0, 0.05) is 30.6 Å². The number of amides is 1. The molecule has 1 saturated heterocycles. The van der Waals surface area contributed by atoms with Gasteiger partial charge in [-0.25, -0.2) is 8.42 Å². The lowest BCUT2D eigenvalue weighted by atomic mass is 10.0. The Balaban J connectivity index is 1.64. The standard InChI is InChI=1S/C22H25NO4S/c1-16(2)28(26,27)15-18-5-9-19(10-6-18)21(24)14-17-7-11-20(12-8-17)23-13-3-4-22(23)25/h5-12,16H,3-4,13-15H2,1-2H3. The topological polar surface area (TPSA) is 71.5 Å². The van der Waals surface area contributed by atoms with Crippen LogP contribution in [-0.2, 0) is 26.8 Å². The van der Waals surface area contributed by atoms with Gasteiger partial charge in [-0.2, -0.15) is 0 Å². The molecule has 148 valence electrons. The SMILES string of the molecule is CC(C)S(=O)(=O)Cc1ccc(C(=O)Cc2ccc(N3CCCC3=O)cc2)cc1. The van der Waals surface area contributed by atoms with Crippen molar-refractivity contribution >= 4 is 27.2 Å². The van der Waals surface area contributed by atoms with E-state index in [4.69, 9.17) is 0 Å². The highest BCUT2D eigenvalue weighted by Crippen LogP contribution is 2.22. The van der Waals surface area contributed by atoms with Crippen molar-refractivity contribution in [1.29, 1.82) is 0 Å². The monoisotopic (exact) mass is 399 g/mol. The second-order valence-corrected chi connectivity index (χ2v) is 10.0. The molecule has 1 amide bonds. The van der Waals surface area contributed by atoms with Crippen LogP contribution in [0.2, 0.25) is 0 Å². The predicted molar refractivity (Wildman–Crippen MR) is 110 cm³/mol. The third kappa shape index (κ3) is 4.68. The number of anilines is 1. The molecule has 5 nitrogen and oxygen atoms in total. The number of carbonyl (C=O) groups excluding carboxylic acids is 2. The van der Waals surface area contributed by atoms with Crippen LogP contribution in [0.15, 0.2) is 48.5 Å². The van der Waals surface area contributed by atoms with E-state index in [0.717, 1.165) is 24.2 Å². The van der Waals surface area contributed by atoms with Crippen LogP contribution in [0.4, 0.5) is 5.69 Å². The fourth-order valence-electron chi connectivity index (χ4n) is 3.19. The number of benzene rings is 2. The van der Waals surface area contributed by atoms with Crippen molar-refractivity contribution in [2.24, 2.45) is 0 Å². The van der Waals surface area contributed by atoms with Crippen LogP contribution in [0.5, 0.6) is 0 Å². The molecule has 0 bridgehead atoms. The molecule has 1 heterocycles. The molecule has 0 radical (unpaired) electrons. The molecule has 28 heavy (non-hydrogen) atoms. The Morgan fingerprint density at radius 2 is 1.61 bits per heavy atom. The number of ketones is 1. The van der Waals surface area contributed by atoms with Crippen molar-refractivity contribution in [2.45, 2.75) is 44.1 Å². The van der Waals surface area contributed by atoms with E-state index >= 15 is 0 Å². The van der Waals surface area contributed by atoms with Crippen molar-refractivity contribution in [3.05, 3.63) is 65.2 Å². The molecule has 0 aromatic heterocycles. The molecule has 0 aliphatic carbocycles. The summed E-state index contributed by atoms with van der Waals surface area (Å²) in [6, 6.07) is 14.3. The second-order valence-electron chi connectivity index (χ2n) is 7.47. The van der Waals surface area contributed by atoms with Crippen LogP contribution < -0.4 is 4.90 Å². The predicted octanol–water partition coefficient (Wildman–Crippen LogP) is 3.56. The fraction of sp³-hybridized carbons (Fsp3) is 0.364. The van der Waals surface area contributed by atoms with Gasteiger partial charge in [0.2, 0.25) is 5.91 Å². The van der Waals surface area contributed by atoms with Gasteiger partial charge in [0.15, 0.2) is 15.6 Å². The van der Waals surface area contributed by atoms with Crippen LogP contribution in [-0.4, -0.2) is 31.9 Å². The van der Waals surface area contributed by atoms with Gasteiger partial charge in [0.1, 0.15) is 0 Å². The summed E-state index contributed by atoms with van der Waals surface area (Å²) >= 11 is 0. The summed E-state index contributed by atoms with van der Waals surface area (Å²) in [5.41, 5.74) is 3.00. The van der Waals surface area contributed by atoms with Crippen molar-refractivity contribution in [3.63, 3.8) is 0 Å². The van der Waals surface area contributed by atoms with Gasteiger partial charge in [-0.05, 0) is 43.5 Å². The van der Waals surface area contributed by atoms with Gasteiger partial charge in [0.05, 0.1) is 11.0 Å². The van der Waals surface area contributed by atoms with E-state index in [1.165, 1.54) is 0 Å². The van der Waals surface area contributed by atoms with Crippen molar-refractivity contribution in [2.75, 3.05) is 11.4 Å². The molecule has 1 fully saturated rings. The minimum atomic E-state index is -3.16. The highest BCUT2D eigenvalue weighted by molar-refractivity contribution is 7.91. The molecule has 1 aliphatic rings. The molecule has 3 rings (SSSR count). The first-order valence-corrected chi connectivity index (χ1v) is 11.2. The molecule has 2 aromatic rings. The highest BCUT2D eigenvalue weighted by atomic mass is 32.2. The summed E-state index contributed by atoms with van der Waals surface area (Å²) in [5, 5.41) is -0.423. The third-order valence-corrected chi connectivity index (χ3v) is 7.22. The fourth-order valence-corrected chi connectivity index (χ4v) is 4.18. The smallest absolute Gasteiger partial charge is 0.227 e. The number of hydrogen-bond donors (Lipinski definition) is 0. The lowest BCUT2D eigenvalue weighted by molar-refractivity contribution is -0.117. The van der Waals surface area contributed by atoms with E-state index in [9.17, 15) is 18.0 Å². The maximum absolute atomic E-state index is 12.5. The summed E-state index contributed by atoms with van der Waals surface area (Å²) in [4.78, 5) is 26.1. The Morgan fingerprint density at radius 3 is 2.14 bits per heavy atom. The maximum Gasteiger partial charge on any atom is 0.227 e. The minimum absolute atomic E-state index is 0.0180. The van der Waals surface area contributed by atoms with Crippen molar-refractivity contribution in [3.8, 4) is 0 Å². The zero-order valence-corrected chi connectivity index (χ0v) is 17.0. The first kappa shape index (κ1) is 20.3. The molecule has 6 heteroatoms. The van der Waals surface area contributed by atoms with Crippen molar-refractivity contribution in [1.82, 2.24) is 0 Å². The Bertz CT molecular complexity index is 961. The van der Waals surface area contributed by atoms with Crippen LogP contribution >= 0.6 is 0 Å². The molecule has 0 spiro atoms. The van der Waals surface area contributed by atoms with Crippen LogP contribution in [0, 0.1) is 0 Å². The zero-order valence-electron chi connectivity index (χ0n) is 16.2. The van der Waals surface area contributed by atoms with Gasteiger partial charge in [0.25, 0.3) is 0 Å². The highest BCUT2D eigenvalue weighted by Gasteiger charge is 2.21. The minimum Gasteiger partial charge on any atom is -0.312 e. The summed E-state index contributed by atoms with van der Waals surface area (Å²) < 4.78 is 24.0. The summed E-state index contributed by atoms with van der Waals surface area (Å²) in [7, 11) is -3.16. The van der Waals surface area contributed by atoms with Gasteiger partial charge < -0.3 is 4.90 Å². The molecular formula is C22H25NO4S. The number of hydrogen-bond acceptors (Lipinski definition) is 4. The summed E-state index contributed by atoms with van der Waals surface area (Å²) in [5.74, 6) is 0.0992. The molecule has 2 aromatic carbocycles. The number of carbonyl (C=O) groups is 2.